The van der Waals surface area contributed by atoms with E-state index in [0.717, 1.165) is 12.8 Å². The van der Waals surface area contributed by atoms with Crippen LogP contribution in [-0.2, 0) is 24.7 Å². The molecule has 2 aliphatic rings. The first-order valence-corrected chi connectivity index (χ1v) is 13.3. The van der Waals surface area contributed by atoms with E-state index in [-0.39, 0.29) is 35.1 Å². The van der Waals surface area contributed by atoms with Gasteiger partial charge in [0.1, 0.15) is 0 Å². The van der Waals surface area contributed by atoms with Gasteiger partial charge in [0.25, 0.3) is 5.91 Å². The van der Waals surface area contributed by atoms with E-state index in [0.29, 0.717) is 19.5 Å². The Morgan fingerprint density at radius 2 is 1.93 bits per heavy atom. The van der Waals surface area contributed by atoms with Crippen molar-refractivity contribution in [2.24, 2.45) is 0 Å². The summed E-state index contributed by atoms with van der Waals surface area (Å²) in [5.74, 6) is -0.930. The standard InChI is InChI=1S/C19H27N3O6S2/c1-2-21(13-18(23)20-16-8-11-29(25,26)14-16)19(24)15-6-5-7-17(12-15)30(27,28)22-9-3-4-10-22/h5-7,12,16H,2-4,8-11,13-14H2,1H3,(H,20,23)/t16-/m0/s1. The number of nitrogens with one attached hydrogen (secondary N) is 1. The maximum atomic E-state index is 12.9. The monoisotopic (exact) mass is 457 g/mol. The summed E-state index contributed by atoms with van der Waals surface area (Å²) in [5.41, 5.74) is 0.188. The largest absolute Gasteiger partial charge is 0.351 e. The molecule has 0 saturated carbocycles. The second kappa shape index (κ2) is 9.03. The predicted octanol–water partition coefficient (Wildman–Crippen LogP) is 0.237. The van der Waals surface area contributed by atoms with E-state index in [1.807, 2.05) is 0 Å². The molecule has 2 heterocycles. The molecule has 0 bridgehead atoms. The molecule has 0 unspecified atom stereocenters. The first-order chi connectivity index (χ1) is 14.1. The third-order valence-corrected chi connectivity index (χ3v) is 9.05. The zero-order valence-electron chi connectivity index (χ0n) is 16.9. The number of carbonyl (C=O) groups is 2. The van der Waals surface area contributed by atoms with Crippen molar-refractivity contribution in [3.05, 3.63) is 29.8 Å². The second-order valence-corrected chi connectivity index (χ2v) is 11.8. The van der Waals surface area contributed by atoms with Crippen LogP contribution in [0.2, 0.25) is 0 Å². The highest BCUT2D eigenvalue weighted by atomic mass is 32.2. The van der Waals surface area contributed by atoms with Crippen LogP contribution in [0.25, 0.3) is 0 Å². The van der Waals surface area contributed by atoms with Crippen molar-refractivity contribution in [2.75, 3.05) is 37.7 Å². The Labute approximate surface area is 177 Å². The lowest BCUT2D eigenvalue weighted by Gasteiger charge is -2.22. The highest BCUT2D eigenvalue weighted by Gasteiger charge is 2.30. The number of carbonyl (C=O) groups excluding carboxylic acids is 2. The molecule has 2 fully saturated rings. The number of nitrogens with zero attached hydrogens (tertiary/aromatic N) is 2. The Hall–Kier alpha value is -1.98. The molecule has 0 aromatic heterocycles. The van der Waals surface area contributed by atoms with Crippen molar-refractivity contribution in [1.29, 1.82) is 0 Å². The van der Waals surface area contributed by atoms with E-state index in [1.54, 1.807) is 6.92 Å². The van der Waals surface area contributed by atoms with Gasteiger partial charge < -0.3 is 10.2 Å². The van der Waals surface area contributed by atoms with Crippen molar-refractivity contribution in [3.8, 4) is 0 Å². The molecule has 1 N–H and O–H groups in total. The maximum absolute atomic E-state index is 12.9. The van der Waals surface area contributed by atoms with Crippen molar-refractivity contribution < 1.29 is 26.4 Å². The lowest BCUT2D eigenvalue weighted by Crippen LogP contribution is -2.44. The van der Waals surface area contributed by atoms with Gasteiger partial charge in [-0.2, -0.15) is 4.31 Å². The van der Waals surface area contributed by atoms with Crippen LogP contribution in [0.15, 0.2) is 29.2 Å². The number of sulfonamides is 1. The van der Waals surface area contributed by atoms with Gasteiger partial charge in [-0.3, -0.25) is 9.59 Å². The summed E-state index contributed by atoms with van der Waals surface area (Å²) in [6.45, 7) is 2.68. The molecule has 30 heavy (non-hydrogen) atoms. The van der Waals surface area contributed by atoms with Crippen LogP contribution in [0.3, 0.4) is 0 Å². The molecule has 3 rings (SSSR count). The van der Waals surface area contributed by atoms with Gasteiger partial charge in [0.2, 0.25) is 15.9 Å². The first kappa shape index (κ1) is 22.7. The first-order valence-electron chi connectivity index (χ1n) is 10.0. The fraction of sp³-hybridized carbons (Fsp3) is 0.579. The molecule has 11 heteroatoms. The van der Waals surface area contributed by atoms with Crippen LogP contribution < -0.4 is 5.32 Å². The lowest BCUT2D eigenvalue weighted by atomic mass is 10.2. The molecule has 0 radical (unpaired) electrons. The molecule has 1 aromatic rings. The van der Waals surface area contributed by atoms with Gasteiger partial charge in [-0.05, 0) is 44.4 Å². The third-order valence-electron chi connectivity index (χ3n) is 5.38. The molecule has 2 aliphatic heterocycles. The normalized spacial score (nSPS) is 21.4. The van der Waals surface area contributed by atoms with Crippen molar-refractivity contribution in [2.45, 2.75) is 37.1 Å². The van der Waals surface area contributed by atoms with Gasteiger partial charge in [0.15, 0.2) is 9.84 Å². The van der Waals surface area contributed by atoms with E-state index >= 15 is 0 Å². The molecule has 9 nitrogen and oxygen atoms in total. The number of sulfone groups is 1. The van der Waals surface area contributed by atoms with Gasteiger partial charge in [-0.1, -0.05) is 6.07 Å². The Balaban J connectivity index is 1.69. The van der Waals surface area contributed by atoms with E-state index in [2.05, 4.69) is 5.32 Å². The summed E-state index contributed by atoms with van der Waals surface area (Å²) >= 11 is 0. The number of benzene rings is 1. The third kappa shape index (κ3) is 5.19. The molecular weight excluding hydrogens is 430 g/mol. The molecule has 2 amide bonds. The van der Waals surface area contributed by atoms with Gasteiger partial charge >= 0.3 is 0 Å². The molecule has 2 saturated heterocycles. The Kier molecular flexibility index (Phi) is 6.83. The smallest absolute Gasteiger partial charge is 0.254 e. The van der Waals surface area contributed by atoms with Gasteiger partial charge in [0.05, 0.1) is 22.9 Å². The van der Waals surface area contributed by atoms with E-state index in [9.17, 15) is 26.4 Å². The van der Waals surface area contributed by atoms with Gasteiger partial charge in [-0.25, -0.2) is 16.8 Å². The number of likely N-dealkylation sites (N-methyl/N-ethyl adjacent to an activating group) is 1. The summed E-state index contributed by atoms with van der Waals surface area (Å²) < 4.78 is 50.0. The van der Waals surface area contributed by atoms with Crippen molar-refractivity contribution in [3.63, 3.8) is 0 Å². The van der Waals surface area contributed by atoms with E-state index < -0.39 is 37.7 Å². The van der Waals surface area contributed by atoms with Crippen LogP contribution in [0.4, 0.5) is 0 Å². The molecule has 166 valence electrons. The highest BCUT2D eigenvalue weighted by Crippen LogP contribution is 2.22. The zero-order chi connectivity index (χ0) is 21.9. The number of rotatable bonds is 7. The second-order valence-electron chi connectivity index (χ2n) is 7.63. The topological polar surface area (TPSA) is 121 Å². The summed E-state index contributed by atoms with van der Waals surface area (Å²) in [7, 11) is -6.77. The Morgan fingerprint density at radius 3 is 2.53 bits per heavy atom. The minimum atomic E-state index is -3.65. The molecule has 1 aromatic carbocycles. The minimum Gasteiger partial charge on any atom is -0.351 e. The number of hydrogen-bond donors (Lipinski definition) is 1. The molecular formula is C19H27N3O6S2. The van der Waals surface area contributed by atoms with Crippen LogP contribution in [-0.4, -0.2) is 81.6 Å². The zero-order valence-corrected chi connectivity index (χ0v) is 18.5. The van der Waals surface area contributed by atoms with E-state index in [1.165, 1.54) is 33.5 Å². The SMILES string of the molecule is CCN(CC(=O)N[C@H]1CCS(=O)(=O)C1)C(=O)c1cccc(S(=O)(=O)N2CCCC2)c1. The van der Waals surface area contributed by atoms with Crippen LogP contribution in [0, 0.1) is 0 Å². The number of amides is 2. The average Bonchev–Trinajstić information content (AvgIpc) is 3.36. The Bertz CT molecular complexity index is 1020. The Morgan fingerprint density at radius 1 is 1.23 bits per heavy atom. The van der Waals surface area contributed by atoms with Crippen molar-refractivity contribution >= 4 is 31.7 Å². The van der Waals surface area contributed by atoms with Crippen LogP contribution in [0.5, 0.6) is 0 Å². The highest BCUT2D eigenvalue weighted by molar-refractivity contribution is 7.91. The lowest BCUT2D eigenvalue weighted by molar-refractivity contribution is -0.122. The molecule has 1 atom stereocenters. The van der Waals surface area contributed by atoms with Crippen molar-refractivity contribution in [1.82, 2.24) is 14.5 Å². The maximum Gasteiger partial charge on any atom is 0.254 e. The fourth-order valence-electron chi connectivity index (χ4n) is 3.73. The predicted molar refractivity (Wildman–Crippen MR) is 111 cm³/mol. The van der Waals surface area contributed by atoms with Crippen LogP contribution >= 0.6 is 0 Å². The number of hydrogen-bond acceptors (Lipinski definition) is 6. The molecule has 0 aliphatic carbocycles. The average molecular weight is 458 g/mol. The van der Waals surface area contributed by atoms with Gasteiger partial charge in [0, 0.05) is 31.2 Å². The summed E-state index contributed by atoms with van der Waals surface area (Å²) in [6.07, 6.45) is 2.00. The molecule has 0 spiro atoms. The summed E-state index contributed by atoms with van der Waals surface area (Å²) in [6, 6.07) is 5.42. The van der Waals surface area contributed by atoms with Crippen LogP contribution in [0.1, 0.15) is 36.5 Å². The van der Waals surface area contributed by atoms with E-state index in [4.69, 9.17) is 0 Å². The fourth-order valence-corrected chi connectivity index (χ4v) is 6.97. The van der Waals surface area contributed by atoms with Gasteiger partial charge in [-0.15, -0.1) is 0 Å². The minimum absolute atomic E-state index is 0.0483. The quantitative estimate of drug-likeness (QED) is 0.626. The summed E-state index contributed by atoms with van der Waals surface area (Å²) in [4.78, 5) is 26.6. The summed E-state index contributed by atoms with van der Waals surface area (Å²) in [5, 5.41) is 2.66.